The molecule has 2 fully saturated rings. The molecule has 1 heterocycles. The van der Waals surface area contributed by atoms with Gasteiger partial charge in [0.15, 0.2) is 0 Å². The van der Waals surface area contributed by atoms with Crippen LogP contribution in [0.1, 0.15) is 67.3 Å². The van der Waals surface area contributed by atoms with Crippen molar-refractivity contribution in [1.82, 2.24) is 4.90 Å². The second-order valence-corrected chi connectivity index (χ2v) is 7.19. The van der Waals surface area contributed by atoms with E-state index < -0.39 is 0 Å². The Bertz CT molecular complexity index is 547. The van der Waals surface area contributed by atoms with Gasteiger partial charge in [-0.05, 0) is 56.5 Å². The second-order valence-electron chi connectivity index (χ2n) is 7.19. The van der Waals surface area contributed by atoms with Gasteiger partial charge in [-0.25, -0.2) is 4.79 Å². The summed E-state index contributed by atoms with van der Waals surface area (Å²) in [5.74, 6) is -0.242. The number of likely N-dealkylation sites (tertiary alicyclic amines) is 1. The predicted molar refractivity (Wildman–Crippen MR) is 97.4 cm³/mol. The number of anilines is 1. The van der Waals surface area contributed by atoms with E-state index in [0.717, 1.165) is 25.3 Å². The zero-order valence-electron chi connectivity index (χ0n) is 14.9. The minimum absolute atomic E-state index is 0.242. The van der Waals surface area contributed by atoms with E-state index in [2.05, 4.69) is 22.3 Å². The smallest absolute Gasteiger partial charge is 0.339 e. The fourth-order valence-electron chi connectivity index (χ4n) is 3.94. The average molecular weight is 330 g/mol. The van der Waals surface area contributed by atoms with Crippen LogP contribution in [0.25, 0.3) is 0 Å². The predicted octanol–water partition coefficient (Wildman–Crippen LogP) is 4.20. The minimum atomic E-state index is -0.242. The number of hydrogen-bond acceptors (Lipinski definition) is 4. The van der Waals surface area contributed by atoms with Crippen molar-refractivity contribution in [3.63, 3.8) is 0 Å². The summed E-state index contributed by atoms with van der Waals surface area (Å²) in [5.41, 5.74) is 2.81. The molecule has 132 valence electrons. The van der Waals surface area contributed by atoms with Crippen LogP contribution >= 0.6 is 0 Å². The Kier molecular flexibility index (Phi) is 6.13. The van der Waals surface area contributed by atoms with Gasteiger partial charge in [0.25, 0.3) is 0 Å². The van der Waals surface area contributed by atoms with Gasteiger partial charge in [0.05, 0.1) is 12.7 Å². The zero-order valence-corrected chi connectivity index (χ0v) is 14.9. The normalized spacial score (nSPS) is 19.9. The van der Waals surface area contributed by atoms with Gasteiger partial charge in [-0.2, -0.15) is 0 Å². The largest absolute Gasteiger partial charge is 0.465 e. The molecule has 0 atom stereocenters. The lowest BCUT2D eigenvalue weighted by Gasteiger charge is -2.27. The van der Waals surface area contributed by atoms with Crippen molar-refractivity contribution in [3.05, 3.63) is 29.3 Å². The number of nitrogens with zero attached hydrogens (tertiary/aromatic N) is 1. The molecular weight excluding hydrogens is 300 g/mol. The number of hydrogen-bond donors (Lipinski definition) is 1. The van der Waals surface area contributed by atoms with E-state index >= 15 is 0 Å². The molecule has 1 aromatic rings. The third-order valence-electron chi connectivity index (χ3n) is 5.31. The maximum Gasteiger partial charge on any atom is 0.339 e. The van der Waals surface area contributed by atoms with E-state index in [-0.39, 0.29) is 5.97 Å². The number of benzene rings is 1. The monoisotopic (exact) mass is 330 g/mol. The number of carbonyl (C=O) groups excluding carboxylic acids is 1. The maximum atomic E-state index is 12.2. The molecular formula is C20H30N2O2. The maximum absolute atomic E-state index is 12.2. The van der Waals surface area contributed by atoms with Crippen LogP contribution in [-0.2, 0) is 11.3 Å². The summed E-state index contributed by atoms with van der Waals surface area (Å²) in [6.07, 6.45) is 10.2. The van der Waals surface area contributed by atoms with Gasteiger partial charge < -0.3 is 10.1 Å². The van der Waals surface area contributed by atoms with E-state index in [0.29, 0.717) is 11.6 Å². The first-order valence-electron chi connectivity index (χ1n) is 9.46. The lowest BCUT2D eigenvalue weighted by atomic mass is 9.95. The van der Waals surface area contributed by atoms with Gasteiger partial charge in [-0.3, -0.25) is 4.90 Å². The Morgan fingerprint density at radius 1 is 1.12 bits per heavy atom. The highest BCUT2D eigenvalue weighted by Crippen LogP contribution is 2.26. The first-order valence-corrected chi connectivity index (χ1v) is 9.46. The molecule has 4 heteroatoms. The molecule has 3 rings (SSSR count). The van der Waals surface area contributed by atoms with Crippen LogP contribution in [0.15, 0.2) is 18.2 Å². The first-order chi connectivity index (χ1) is 11.8. The standard InChI is InChI=1S/C20H30N2O2/c1-24-20(23)18-14-16(15-22-12-6-3-7-13-22)10-11-19(18)21-17-8-4-2-5-9-17/h10-11,14,17,21H,2-9,12-13,15H2,1H3. The summed E-state index contributed by atoms with van der Waals surface area (Å²) >= 11 is 0. The van der Waals surface area contributed by atoms with Crippen LogP contribution in [0.2, 0.25) is 0 Å². The highest BCUT2D eigenvalue weighted by molar-refractivity contribution is 5.95. The molecule has 2 aliphatic rings. The Balaban J connectivity index is 1.73. The van der Waals surface area contributed by atoms with Crippen LogP contribution < -0.4 is 5.32 Å². The number of esters is 1. The number of rotatable bonds is 5. The van der Waals surface area contributed by atoms with Gasteiger partial charge in [0, 0.05) is 18.3 Å². The van der Waals surface area contributed by atoms with Crippen molar-refractivity contribution in [2.24, 2.45) is 0 Å². The molecule has 0 bridgehead atoms. The van der Waals surface area contributed by atoms with Crippen LogP contribution in [0.5, 0.6) is 0 Å². The van der Waals surface area contributed by atoms with Crippen molar-refractivity contribution in [1.29, 1.82) is 0 Å². The molecule has 4 nitrogen and oxygen atoms in total. The van der Waals surface area contributed by atoms with Gasteiger partial charge in [-0.1, -0.05) is 31.7 Å². The van der Waals surface area contributed by atoms with Crippen LogP contribution in [0, 0.1) is 0 Å². The fourth-order valence-corrected chi connectivity index (χ4v) is 3.94. The summed E-state index contributed by atoms with van der Waals surface area (Å²) in [6.45, 7) is 3.25. The van der Waals surface area contributed by atoms with Crippen molar-refractivity contribution in [3.8, 4) is 0 Å². The topological polar surface area (TPSA) is 41.6 Å². The molecule has 1 saturated heterocycles. The van der Waals surface area contributed by atoms with E-state index in [9.17, 15) is 4.79 Å². The molecule has 0 spiro atoms. The summed E-state index contributed by atoms with van der Waals surface area (Å²) in [6, 6.07) is 6.73. The van der Waals surface area contributed by atoms with Gasteiger partial charge in [0.1, 0.15) is 0 Å². The van der Waals surface area contributed by atoms with Gasteiger partial charge in [-0.15, -0.1) is 0 Å². The molecule has 24 heavy (non-hydrogen) atoms. The molecule has 1 aliphatic heterocycles. The molecule has 1 saturated carbocycles. The van der Waals surface area contributed by atoms with Crippen LogP contribution in [0.3, 0.4) is 0 Å². The third kappa shape index (κ3) is 4.50. The van der Waals surface area contributed by atoms with Crippen molar-refractivity contribution < 1.29 is 9.53 Å². The Hall–Kier alpha value is -1.55. The van der Waals surface area contributed by atoms with E-state index in [1.807, 2.05) is 6.07 Å². The Morgan fingerprint density at radius 2 is 1.83 bits per heavy atom. The number of methoxy groups -OCH3 is 1. The lowest BCUT2D eigenvalue weighted by molar-refractivity contribution is 0.0601. The van der Waals surface area contributed by atoms with E-state index in [1.165, 1.54) is 64.0 Å². The van der Waals surface area contributed by atoms with Crippen molar-refractivity contribution in [2.45, 2.75) is 64.0 Å². The second kappa shape index (κ2) is 8.52. The molecule has 1 aromatic carbocycles. The number of nitrogens with one attached hydrogen (secondary N) is 1. The third-order valence-corrected chi connectivity index (χ3v) is 5.31. The van der Waals surface area contributed by atoms with Crippen molar-refractivity contribution >= 4 is 11.7 Å². The van der Waals surface area contributed by atoms with Crippen molar-refractivity contribution in [2.75, 3.05) is 25.5 Å². The summed E-state index contributed by atoms with van der Waals surface area (Å²) < 4.78 is 5.02. The quantitative estimate of drug-likeness (QED) is 0.822. The van der Waals surface area contributed by atoms with E-state index in [1.54, 1.807) is 0 Å². The molecule has 0 radical (unpaired) electrons. The summed E-state index contributed by atoms with van der Waals surface area (Å²) in [7, 11) is 1.46. The molecule has 0 unspecified atom stereocenters. The lowest BCUT2D eigenvalue weighted by Crippen LogP contribution is -2.29. The Morgan fingerprint density at radius 3 is 2.54 bits per heavy atom. The molecule has 0 amide bonds. The minimum Gasteiger partial charge on any atom is -0.465 e. The molecule has 0 aromatic heterocycles. The van der Waals surface area contributed by atoms with E-state index in [4.69, 9.17) is 4.74 Å². The number of ether oxygens (including phenoxy) is 1. The zero-order chi connectivity index (χ0) is 16.8. The highest BCUT2D eigenvalue weighted by atomic mass is 16.5. The highest BCUT2D eigenvalue weighted by Gasteiger charge is 2.19. The Labute approximate surface area is 145 Å². The van der Waals surface area contributed by atoms with Crippen LogP contribution in [-0.4, -0.2) is 37.1 Å². The molecule has 1 N–H and O–H groups in total. The summed E-state index contributed by atoms with van der Waals surface area (Å²) in [5, 5.41) is 3.58. The average Bonchev–Trinajstić information content (AvgIpc) is 2.64. The number of piperidine rings is 1. The summed E-state index contributed by atoms with van der Waals surface area (Å²) in [4.78, 5) is 14.7. The first kappa shape index (κ1) is 17.3. The number of carbonyl (C=O) groups is 1. The van der Waals surface area contributed by atoms with Gasteiger partial charge in [0.2, 0.25) is 0 Å². The van der Waals surface area contributed by atoms with Crippen LogP contribution in [0.4, 0.5) is 5.69 Å². The van der Waals surface area contributed by atoms with Gasteiger partial charge >= 0.3 is 5.97 Å². The fraction of sp³-hybridized carbons (Fsp3) is 0.650. The SMILES string of the molecule is COC(=O)c1cc(CN2CCCCC2)ccc1NC1CCCCC1. The molecule has 1 aliphatic carbocycles.